The lowest BCUT2D eigenvalue weighted by atomic mass is 9.90. The highest BCUT2D eigenvalue weighted by molar-refractivity contribution is 5.85. The van der Waals surface area contributed by atoms with Crippen LogP contribution in [-0.4, -0.2) is 47.6 Å². The third-order valence-electron chi connectivity index (χ3n) is 4.08. The fraction of sp³-hybridized carbons (Fsp3) is 0.846. The molecule has 102 valence electrons. The molecule has 2 heterocycles. The van der Waals surface area contributed by atoms with Gasteiger partial charge in [0.25, 0.3) is 0 Å². The molecule has 18 heavy (non-hydrogen) atoms. The highest BCUT2D eigenvalue weighted by Gasteiger charge is 2.37. The molecular weight excluding hydrogens is 232 g/mol. The predicted molar refractivity (Wildman–Crippen MR) is 67.1 cm³/mol. The first-order chi connectivity index (χ1) is 8.59. The molecule has 1 amide bonds. The van der Waals surface area contributed by atoms with E-state index in [9.17, 15) is 14.7 Å². The van der Waals surface area contributed by atoms with Crippen molar-refractivity contribution in [2.75, 3.05) is 19.6 Å². The van der Waals surface area contributed by atoms with Crippen LogP contribution >= 0.6 is 0 Å². The van der Waals surface area contributed by atoms with Crippen LogP contribution in [-0.2, 0) is 9.59 Å². The van der Waals surface area contributed by atoms with Crippen LogP contribution in [0.4, 0.5) is 0 Å². The number of hydrogen-bond donors (Lipinski definition) is 2. The minimum atomic E-state index is -0.862. The lowest BCUT2D eigenvalue weighted by Gasteiger charge is -2.38. The number of amides is 1. The number of nitrogens with zero attached hydrogens (tertiary/aromatic N) is 1. The van der Waals surface area contributed by atoms with E-state index in [2.05, 4.69) is 12.2 Å². The highest BCUT2D eigenvalue weighted by Crippen LogP contribution is 2.25. The van der Waals surface area contributed by atoms with Gasteiger partial charge < -0.3 is 15.3 Å². The maximum absolute atomic E-state index is 12.4. The van der Waals surface area contributed by atoms with Crippen molar-refractivity contribution in [3.05, 3.63) is 0 Å². The molecule has 5 nitrogen and oxygen atoms in total. The van der Waals surface area contributed by atoms with Crippen LogP contribution in [0.15, 0.2) is 0 Å². The number of carbonyl (C=O) groups excluding carboxylic acids is 1. The van der Waals surface area contributed by atoms with E-state index < -0.39 is 12.0 Å². The van der Waals surface area contributed by atoms with Crippen LogP contribution in [0.3, 0.4) is 0 Å². The Labute approximate surface area is 108 Å². The second kappa shape index (κ2) is 5.69. The zero-order valence-electron chi connectivity index (χ0n) is 10.9. The van der Waals surface area contributed by atoms with Crippen LogP contribution < -0.4 is 5.32 Å². The first-order valence-corrected chi connectivity index (χ1v) is 6.83. The van der Waals surface area contributed by atoms with Gasteiger partial charge in [0.05, 0.1) is 5.92 Å². The zero-order valence-corrected chi connectivity index (χ0v) is 10.9. The van der Waals surface area contributed by atoms with Gasteiger partial charge >= 0.3 is 5.97 Å². The summed E-state index contributed by atoms with van der Waals surface area (Å²) in [6.45, 7) is 4.30. The molecule has 2 N–H and O–H groups in total. The van der Waals surface area contributed by atoms with Crippen LogP contribution in [0.1, 0.15) is 32.6 Å². The van der Waals surface area contributed by atoms with Crippen LogP contribution in [0, 0.1) is 11.8 Å². The Morgan fingerprint density at radius 3 is 2.72 bits per heavy atom. The Kier molecular flexibility index (Phi) is 4.22. The first-order valence-electron chi connectivity index (χ1n) is 6.83. The molecule has 0 aliphatic carbocycles. The van der Waals surface area contributed by atoms with Crippen LogP contribution in [0.25, 0.3) is 0 Å². The lowest BCUT2D eigenvalue weighted by Crippen LogP contribution is -2.53. The van der Waals surface area contributed by atoms with E-state index in [0.29, 0.717) is 25.4 Å². The number of piperidine rings is 2. The van der Waals surface area contributed by atoms with Gasteiger partial charge in [-0.3, -0.25) is 4.79 Å². The van der Waals surface area contributed by atoms with E-state index in [1.54, 1.807) is 4.90 Å². The van der Waals surface area contributed by atoms with Gasteiger partial charge in [-0.05, 0) is 38.1 Å². The predicted octanol–water partition coefficient (Wildman–Crippen LogP) is 0.698. The van der Waals surface area contributed by atoms with Gasteiger partial charge in [-0.25, -0.2) is 4.79 Å². The minimum Gasteiger partial charge on any atom is -0.480 e. The number of rotatable bonds is 2. The third-order valence-corrected chi connectivity index (χ3v) is 4.08. The summed E-state index contributed by atoms with van der Waals surface area (Å²) in [5.41, 5.74) is 0. The van der Waals surface area contributed by atoms with Gasteiger partial charge in [-0.2, -0.15) is 0 Å². The summed E-state index contributed by atoms with van der Waals surface area (Å²) < 4.78 is 0. The number of carboxylic acid groups (broad SMARTS) is 1. The Morgan fingerprint density at radius 1 is 1.33 bits per heavy atom. The van der Waals surface area contributed by atoms with Crippen molar-refractivity contribution in [3.63, 3.8) is 0 Å². The Bertz CT molecular complexity index is 326. The van der Waals surface area contributed by atoms with Crippen molar-refractivity contribution < 1.29 is 14.7 Å². The van der Waals surface area contributed by atoms with Crippen molar-refractivity contribution in [1.82, 2.24) is 10.2 Å². The number of carboxylic acids is 1. The lowest BCUT2D eigenvalue weighted by molar-refractivity contribution is -0.155. The molecule has 0 spiro atoms. The molecule has 5 heteroatoms. The molecule has 0 aromatic carbocycles. The van der Waals surface area contributed by atoms with Crippen molar-refractivity contribution >= 4 is 11.9 Å². The maximum atomic E-state index is 12.4. The monoisotopic (exact) mass is 254 g/mol. The Hall–Kier alpha value is -1.10. The van der Waals surface area contributed by atoms with Gasteiger partial charge in [-0.15, -0.1) is 0 Å². The number of aliphatic carboxylic acids is 1. The molecule has 2 unspecified atom stereocenters. The highest BCUT2D eigenvalue weighted by atomic mass is 16.4. The summed E-state index contributed by atoms with van der Waals surface area (Å²) in [5.74, 6) is -0.478. The molecule has 0 radical (unpaired) electrons. The molecule has 0 saturated carbocycles. The van der Waals surface area contributed by atoms with E-state index in [1.165, 1.54) is 0 Å². The van der Waals surface area contributed by atoms with E-state index in [-0.39, 0.29) is 11.8 Å². The first kappa shape index (κ1) is 13.3. The van der Waals surface area contributed by atoms with E-state index in [0.717, 1.165) is 25.8 Å². The molecular formula is C13H22N2O3. The van der Waals surface area contributed by atoms with Crippen LogP contribution in [0.2, 0.25) is 0 Å². The standard InChI is InChI=1S/C13H22N2O3/c1-9-4-6-15(11(7-9)13(17)18)12(16)10-3-2-5-14-8-10/h9-11,14H,2-8H2,1H3,(H,17,18)/t9?,10-,11?/m0/s1. The second-order valence-corrected chi connectivity index (χ2v) is 5.56. The van der Waals surface area contributed by atoms with E-state index in [1.807, 2.05) is 0 Å². The van der Waals surface area contributed by atoms with Gasteiger partial charge in [0.1, 0.15) is 6.04 Å². The van der Waals surface area contributed by atoms with Gasteiger partial charge in [-0.1, -0.05) is 6.92 Å². The molecule has 2 fully saturated rings. The van der Waals surface area contributed by atoms with Gasteiger partial charge in [0.2, 0.25) is 5.91 Å². The normalized spacial score (nSPS) is 33.2. The summed E-state index contributed by atoms with van der Waals surface area (Å²) in [7, 11) is 0. The zero-order chi connectivity index (χ0) is 13.1. The third kappa shape index (κ3) is 2.83. The van der Waals surface area contributed by atoms with E-state index in [4.69, 9.17) is 0 Å². The van der Waals surface area contributed by atoms with E-state index >= 15 is 0 Å². The summed E-state index contributed by atoms with van der Waals surface area (Å²) in [6, 6.07) is -0.622. The fourth-order valence-electron chi connectivity index (χ4n) is 2.94. The minimum absolute atomic E-state index is 0.0292. The Morgan fingerprint density at radius 2 is 2.11 bits per heavy atom. The average molecular weight is 254 g/mol. The molecule has 0 aromatic heterocycles. The van der Waals surface area contributed by atoms with Gasteiger partial charge in [0, 0.05) is 13.1 Å². The maximum Gasteiger partial charge on any atom is 0.326 e. The molecule has 0 bridgehead atoms. The number of carbonyl (C=O) groups is 2. The van der Waals surface area contributed by atoms with Crippen LogP contribution in [0.5, 0.6) is 0 Å². The van der Waals surface area contributed by atoms with Crippen molar-refractivity contribution in [2.24, 2.45) is 11.8 Å². The smallest absolute Gasteiger partial charge is 0.326 e. The summed E-state index contributed by atoms with van der Waals surface area (Å²) in [5, 5.41) is 12.5. The topological polar surface area (TPSA) is 69.6 Å². The van der Waals surface area contributed by atoms with Crippen molar-refractivity contribution in [2.45, 2.75) is 38.6 Å². The fourth-order valence-corrected chi connectivity index (χ4v) is 2.94. The molecule has 2 aliphatic heterocycles. The quantitative estimate of drug-likeness (QED) is 0.761. The second-order valence-electron chi connectivity index (χ2n) is 5.56. The molecule has 3 atom stereocenters. The Balaban J connectivity index is 2.04. The summed E-state index contributed by atoms with van der Waals surface area (Å²) in [4.78, 5) is 25.3. The number of nitrogens with one attached hydrogen (secondary N) is 1. The van der Waals surface area contributed by atoms with Crippen molar-refractivity contribution in [3.8, 4) is 0 Å². The molecule has 2 saturated heterocycles. The average Bonchev–Trinajstić information content (AvgIpc) is 2.39. The molecule has 0 aromatic rings. The molecule has 2 aliphatic rings. The number of likely N-dealkylation sites (tertiary alicyclic amines) is 1. The van der Waals surface area contributed by atoms with Gasteiger partial charge in [0.15, 0.2) is 0 Å². The summed E-state index contributed by atoms with van der Waals surface area (Å²) in [6.07, 6.45) is 3.37. The summed E-state index contributed by atoms with van der Waals surface area (Å²) >= 11 is 0. The van der Waals surface area contributed by atoms with Crippen molar-refractivity contribution in [1.29, 1.82) is 0 Å². The number of hydrogen-bond acceptors (Lipinski definition) is 3. The molecule has 2 rings (SSSR count). The SMILES string of the molecule is CC1CCN(C(=O)[C@H]2CCCNC2)C(C(=O)O)C1. The largest absolute Gasteiger partial charge is 0.480 e.